The van der Waals surface area contributed by atoms with E-state index >= 15 is 0 Å². The fourth-order valence-corrected chi connectivity index (χ4v) is 1.03. The number of nitrogens with two attached hydrogens (primary N) is 1. The van der Waals surface area contributed by atoms with Crippen LogP contribution in [0.25, 0.3) is 0 Å². The lowest BCUT2D eigenvalue weighted by molar-refractivity contribution is -0.236. The molecule has 0 aliphatic carbocycles. The number of halogens is 3. The highest BCUT2D eigenvalue weighted by molar-refractivity contribution is 6.30. The Kier molecular flexibility index (Phi) is 4.17. The van der Waals surface area contributed by atoms with Gasteiger partial charge in [0.05, 0.1) is 6.61 Å². The van der Waals surface area contributed by atoms with E-state index in [9.17, 15) is 13.6 Å². The van der Waals surface area contributed by atoms with Crippen LogP contribution in [0, 0.1) is 0 Å². The topological polar surface area (TPSA) is 64.3 Å². The van der Waals surface area contributed by atoms with Crippen molar-refractivity contribution in [3.05, 3.63) is 34.9 Å². The molecule has 1 amide bonds. The number of carbonyl (C=O) groups is 1. The van der Waals surface area contributed by atoms with Gasteiger partial charge in [-0.25, -0.2) is 5.84 Å². The van der Waals surface area contributed by atoms with Crippen LogP contribution in [0.15, 0.2) is 24.3 Å². The molecule has 0 saturated carbocycles. The third-order valence-corrected chi connectivity index (χ3v) is 1.98. The summed E-state index contributed by atoms with van der Waals surface area (Å²) in [7, 11) is 0. The fourth-order valence-electron chi connectivity index (χ4n) is 0.904. The van der Waals surface area contributed by atoms with Crippen molar-refractivity contribution in [2.45, 2.75) is 12.7 Å². The second kappa shape index (κ2) is 5.20. The summed E-state index contributed by atoms with van der Waals surface area (Å²) < 4.78 is 29.8. The number of ether oxygens (including phenoxy) is 1. The zero-order valence-corrected chi connectivity index (χ0v) is 8.80. The largest absolute Gasteiger partial charge is 0.438 e. The Hall–Kier alpha value is -1.24. The van der Waals surface area contributed by atoms with Gasteiger partial charge in [-0.1, -0.05) is 23.7 Å². The molecule has 16 heavy (non-hydrogen) atoms. The van der Waals surface area contributed by atoms with Crippen molar-refractivity contribution in [3.63, 3.8) is 0 Å². The lowest BCUT2D eigenvalue weighted by Crippen LogP contribution is -2.45. The van der Waals surface area contributed by atoms with Gasteiger partial charge >= 0.3 is 12.0 Å². The number of hydrogen-bond donors (Lipinski definition) is 2. The zero-order valence-electron chi connectivity index (χ0n) is 8.04. The molecule has 0 heterocycles. The van der Waals surface area contributed by atoms with E-state index in [4.69, 9.17) is 11.6 Å². The maximum Gasteiger partial charge on any atom is 0.438 e. The van der Waals surface area contributed by atoms with Gasteiger partial charge in [-0.15, -0.1) is 0 Å². The molecule has 0 saturated heterocycles. The lowest BCUT2D eigenvalue weighted by atomic mass is 10.2. The maximum atomic E-state index is 12.8. The molecule has 0 radical (unpaired) electrons. The quantitative estimate of drug-likeness (QED) is 0.483. The van der Waals surface area contributed by atoms with Gasteiger partial charge < -0.3 is 4.74 Å². The second-order valence-electron chi connectivity index (χ2n) is 2.91. The van der Waals surface area contributed by atoms with Gasteiger partial charge in [-0.3, -0.25) is 10.2 Å². The molecule has 0 fully saturated rings. The Balaban J connectivity index is 2.57. The zero-order chi connectivity index (χ0) is 12.2. The first kappa shape index (κ1) is 12.8. The average Bonchev–Trinajstić information content (AvgIpc) is 2.27. The highest BCUT2D eigenvalue weighted by Crippen LogP contribution is 2.18. The molecule has 0 spiro atoms. The van der Waals surface area contributed by atoms with Crippen LogP contribution in [0.3, 0.4) is 0 Å². The van der Waals surface area contributed by atoms with Crippen LogP contribution in [-0.4, -0.2) is 12.0 Å². The molecule has 0 unspecified atom stereocenters. The molecule has 0 aromatic heterocycles. The van der Waals surface area contributed by atoms with Gasteiger partial charge in [0, 0.05) is 5.02 Å². The van der Waals surface area contributed by atoms with Crippen molar-refractivity contribution in [3.8, 4) is 0 Å². The first-order chi connectivity index (χ1) is 7.45. The van der Waals surface area contributed by atoms with Crippen LogP contribution in [0.2, 0.25) is 5.02 Å². The Morgan fingerprint density at radius 3 is 2.50 bits per heavy atom. The first-order valence-corrected chi connectivity index (χ1v) is 4.61. The Morgan fingerprint density at radius 1 is 1.44 bits per heavy atom. The molecule has 88 valence electrons. The SMILES string of the molecule is NNC(=O)C(F)(F)OCc1ccc(Cl)cc1. The molecular formula is C9H9ClF2N2O2. The van der Waals surface area contributed by atoms with Gasteiger partial charge in [0.15, 0.2) is 0 Å². The molecule has 7 heteroatoms. The van der Waals surface area contributed by atoms with Crippen LogP contribution < -0.4 is 11.3 Å². The van der Waals surface area contributed by atoms with Crippen LogP contribution in [-0.2, 0) is 16.1 Å². The van der Waals surface area contributed by atoms with Crippen LogP contribution in [0.1, 0.15) is 5.56 Å². The lowest BCUT2D eigenvalue weighted by Gasteiger charge is -2.14. The molecule has 1 rings (SSSR count). The van der Waals surface area contributed by atoms with Gasteiger partial charge in [0.2, 0.25) is 0 Å². The third kappa shape index (κ3) is 3.41. The third-order valence-electron chi connectivity index (χ3n) is 1.73. The summed E-state index contributed by atoms with van der Waals surface area (Å²) >= 11 is 5.61. The van der Waals surface area contributed by atoms with Crippen molar-refractivity contribution >= 4 is 17.5 Å². The molecule has 1 aromatic rings. The number of rotatable bonds is 4. The molecule has 0 atom stereocenters. The Labute approximate surface area is 95.3 Å². The molecule has 3 N–H and O–H groups in total. The van der Waals surface area contributed by atoms with Crippen molar-refractivity contribution in [2.75, 3.05) is 0 Å². The van der Waals surface area contributed by atoms with Gasteiger partial charge in [0.1, 0.15) is 0 Å². The number of benzene rings is 1. The average molecular weight is 251 g/mol. The van der Waals surface area contributed by atoms with Gasteiger partial charge in [0.25, 0.3) is 0 Å². The van der Waals surface area contributed by atoms with E-state index in [-0.39, 0.29) is 0 Å². The van der Waals surface area contributed by atoms with Crippen molar-refractivity contribution in [1.82, 2.24) is 5.43 Å². The van der Waals surface area contributed by atoms with Crippen LogP contribution in [0.4, 0.5) is 8.78 Å². The minimum absolute atomic E-state index is 0.419. The highest BCUT2D eigenvalue weighted by atomic mass is 35.5. The van der Waals surface area contributed by atoms with Crippen molar-refractivity contribution in [2.24, 2.45) is 5.84 Å². The highest BCUT2D eigenvalue weighted by Gasteiger charge is 2.39. The van der Waals surface area contributed by atoms with Gasteiger partial charge in [-0.2, -0.15) is 8.78 Å². The predicted octanol–water partition coefficient (Wildman–Crippen LogP) is 1.44. The minimum Gasteiger partial charge on any atom is -0.308 e. The fraction of sp³-hybridized carbons (Fsp3) is 0.222. The summed E-state index contributed by atoms with van der Waals surface area (Å²) in [6.45, 7) is -0.419. The summed E-state index contributed by atoms with van der Waals surface area (Å²) in [5.41, 5.74) is 1.78. The summed E-state index contributed by atoms with van der Waals surface area (Å²) in [5.74, 6) is 2.88. The monoisotopic (exact) mass is 250 g/mol. The number of hydrazine groups is 1. The van der Waals surface area contributed by atoms with Crippen molar-refractivity contribution in [1.29, 1.82) is 0 Å². The van der Waals surface area contributed by atoms with Gasteiger partial charge in [-0.05, 0) is 17.7 Å². The van der Waals surface area contributed by atoms with E-state index in [2.05, 4.69) is 10.6 Å². The normalized spacial score (nSPS) is 11.2. The molecule has 4 nitrogen and oxygen atoms in total. The minimum atomic E-state index is -3.95. The predicted molar refractivity (Wildman–Crippen MR) is 53.5 cm³/mol. The van der Waals surface area contributed by atoms with E-state index < -0.39 is 18.6 Å². The van der Waals surface area contributed by atoms with E-state index in [1.54, 1.807) is 0 Å². The Bertz CT molecular complexity index is 370. The standard InChI is InChI=1S/C9H9ClF2N2O2/c10-7-3-1-6(2-4-7)5-16-9(11,12)8(15)14-13/h1-4H,5,13H2,(H,14,15). The van der Waals surface area contributed by atoms with E-state index in [1.807, 2.05) is 0 Å². The maximum absolute atomic E-state index is 12.8. The first-order valence-electron chi connectivity index (χ1n) is 4.23. The Morgan fingerprint density at radius 2 is 2.00 bits per heavy atom. The van der Waals surface area contributed by atoms with Crippen molar-refractivity contribution < 1.29 is 18.3 Å². The second-order valence-corrected chi connectivity index (χ2v) is 3.34. The van der Waals surface area contributed by atoms with E-state index in [1.165, 1.54) is 29.7 Å². The van der Waals surface area contributed by atoms with E-state index in [0.717, 1.165) is 0 Å². The molecule has 0 aliphatic rings. The number of alkyl halides is 2. The van der Waals surface area contributed by atoms with E-state index in [0.29, 0.717) is 10.6 Å². The summed E-state index contributed by atoms with van der Waals surface area (Å²) in [6, 6.07) is 6.08. The molecule has 0 bridgehead atoms. The summed E-state index contributed by atoms with van der Waals surface area (Å²) in [5, 5.41) is 0.482. The number of nitrogens with one attached hydrogen (secondary N) is 1. The number of hydrogen-bond acceptors (Lipinski definition) is 3. The molecular weight excluding hydrogens is 242 g/mol. The number of amides is 1. The van der Waals surface area contributed by atoms with Crippen LogP contribution in [0.5, 0.6) is 0 Å². The summed E-state index contributed by atoms with van der Waals surface area (Å²) in [6.07, 6.45) is -3.95. The smallest absolute Gasteiger partial charge is 0.308 e. The number of carbonyl (C=O) groups excluding carboxylic acids is 1. The molecule has 0 aliphatic heterocycles. The molecule has 1 aromatic carbocycles. The van der Waals surface area contributed by atoms with Crippen LogP contribution >= 0.6 is 11.6 Å². The summed E-state index contributed by atoms with van der Waals surface area (Å²) in [4.78, 5) is 10.6.